The van der Waals surface area contributed by atoms with E-state index in [2.05, 4.69) is 53.3 Å². The van der Waals surface area contributed by atoms with Crippen LogP contribution in [0, 0.1) is 0 Å². The molecule has 0 aliphatic rings. The predicted molar refractivity (Wildman–Crippen MR) is 77.1 cm³/mol. The van der Waals surface area contributed by atoms with E-state index in [1.807, 2.05) is 11.3 Å². The normalized spacial score (nSPS) is 11.2. The van der Waals surface area contributed by atoms with Gasteiger partial charge in [0.2, 0.25) is 0 Å². The van der Waals surface area contributed by atoms with Crippen LogP contribution in [0.4, 0.5) is 0 Å². The van der Waals surface area contributed by atoms with Crippen molar-refractivity contribution in [1.29, 1.82) is 0 Å². The molecular weight excluding hydrogens is 240 g/mol. The highest BCUT2D eigenvalue weighted by atomic mass is 32.1. The molecule has 0 fully saturated rings. The van der Waals surface area contributed by atoms with E-state index in [1.54, 1.807) is 0 Å². The van der Waals surface area contributed by atoms with Crippen LogP contribution in [0.2, 0.25) is 0 Å². The molecule has 0 saturated heterocycles. The van der Waals surface area contributed by atoms with Gasteiger partial charge in [-0.2, -0.15) is 0 Å². The smallest absolute Gasteiger partial charge is 0.109 e. The number of rotatable bonds is 4. The van der Waals surface area contributed by atoms with E-state index in [4.69, 9.17) is 4.98 Å². The first-order chi connectivity index (χ1) is 8.88. The van der Waals surface area contributed by atoms with E-state index in [0.29, 0.717) is 0 Å². The molecule has 2 heterocycles. The van der Waals surface area contributed by atoms with Crippen LogP contribution in [0.1, 0.15) is 17.6 Å². The minimum Gasteiger partial charge on any atom is -0.328 e. The molecule has 0 amide bonds. The van der Waals surface area contributed by atoms with Gasteiger partial charge in [-0.05, 0) is 30.0 Å². The summed E-state index contributed by atoms with van der Waals surface area (Å²) in [6, 6.07) is 12.7. The molecule has 0 radical (unpaired) electrons. The maximum Gasteiger partial charge on any atom is 0.109 e. The van der Waals surface area contributed by atoms with Crippen LogP contribution in [0.25, 0.3) is 11.0 Å². The Balaban J connectivity index is 1.94. The van der Waals surface area contributed by atoms with Crippen LogP contribution in [-0.2, 0) is 19.4 Å². The zero-order valence-electron chi connectivity index (χ0n) is 10.5. The van der Waals surface area contributed by atoms with Gasteiger partial charge in [-0.1, -0.05) is 25.1 Å². The highest BCUT2D eigenvalue weighted by molar-refractivity contribution is 7.09. The van der Waals surface area contributed by atoms with Crippen molar-refractivity contribution in [3.05, 3.63) is 52.5 Å². The largest absolute Gasteiger partial charge is 0.328 e. The van der Waals surface area contributed by atoms with E-state index in [1.165, 1.54) is 16.2 Å². The molecule has 0 saturated carbocycles. The number of para-hydroxylation sites is 2. The lowest BCUT2D eigenvalue weighted by Crippen LogP contribution is -2.04. The second-order valence-corrected chi connectivity index (χ2v) is 5.38. The molecule has 0 N–H and O–H groups in total. The van der Waals surface area contributed by atoms with Gasteiger partial charge in [0.05, 0.1) is 11.0 Å². The lowest BCUT2D eigenvalue weighted by molar-refractivity contribution is 0.679. The Hall–Kier alpha value is -1.61. The first-order valence-electron chi connectivity index (χ1n) is 6.35. The zero-order chi connectivity index (χ0) is 12.4. The Kier molecular flexibility index (Phi) is 3.15. The van der Waals surface area contributed by atoms with Crippen LogP contribution >= 0.6 is 11.3 Å². The van der Waals surface area contributed by atoms with Crippen molar-refractivity contribution in [3.8, 4) is 0 Å². The number of aromatic nitrogens is 2. The summed E-state index contributed by atoms with van der Waals surface area (Å²) in [5.41, 5.74) is 2.37. The summed E-state index contributed by atoms with van der Waals surface area (Å²) in [7, 11) is 0. The monoisotopic (exact) mass is 256 g/mol. The Morgan fingerprint density at radius 3 is 2.83 bits per heavy atom. The molecule has 0 bridgehead atoms. The second kappa shape index (κ2) is 4.94. The van der Waals surface area contributed by atoms with Gasteiger partial charge >= 0.3 is 0 Å². The number of nitrogens with zero attached hydrogens (tertiary/aromatic N) is 2. The maximum atomic E-state index is 4.70. The predicted octanol–water partition coefficient (Wildman–Crippen LogP) is 3.90. The lowest BCUT2D eigenvalue weighted by atomic mass is 10.3. The van der Waals surface area contributed by atoms with Crippen LogP contribution in [0.15, 0.2) is 41.8 Å². The van der Waals surface area contributed by atoms with Crippen molar-refractivity contribution < 1.29 is 0 Å². The maximum absolute atomic E-state index is 4.70. The summed E-state index contributed by atoms with van der Waals surface area (Å²) >= 11 is 1.83. The average Bonchev–Trinajstić information content (AvgIpc) is 3.03. The van der Waals surface area contributed by atoms with Gasteiger partial charge in [0.1, 0.15) is 5.82 Å². The quantitative estimate of drug-likeness (QED) is 0.692. The van der Waals surface area contributed by atoms with Gasteiger partial charge in [-0.25, -0.2) is 4.98 Å². The minimum absolute atomic E-state index is 0.985. The molecule has 0 aliphatic heterocycles. The molecule has 18 heavy (non-hydrogen) atoms. The van der Waals surface area contributed by atoms with Crippen LogP contribution in [-0.4, -0.2) is 9.55 Å². The topological polar surface area (TPSA) is 17.8 Å². The second-order valence-electron chi connectivity index (χ2n) is 4.35. The van der Waals surface area contributed by atoms with Crippen LogP contribution in [0.5, 0.6) is 0 Å². The third-order valence-electron chi connectivity index (χ3n) is 3.21. The fourth-order valence-electron chi connectivity index (χ4n) is 2.32. The minimum atomic E-state index is 0.985. The number of benzene rings is 1. The van der Waals surface area contributed by atoms with Gasteiger partial charge in [-0.15, -0.1) is 11.3 Å². The summed E-state index contributed by atoms with van der Waals surface area (Å²) in [4.78, 5) is 6.14. The average molecular weight is 256 g/mol. The fraction of sp³-hybridized carbons (Fsp3) is 0.267. The van der Waals surface area contributed by atoms with E-state index >= 15 is 0 Å². The van der Waals surface area contributed by atoms with E-state index < -0.39 is 0 Å². The van der Waals surface area contributed by atoms with E-state index in [9.17, 15) is 0 Å². The number of fused-ring (bicyclic) bond motifs is 1. The molecule has 2 nitrogen and oxygen atoms in total. The number of imidazole rings is 1. The Labute approximate surface area is 111 Å². The molecule has 3 heteroatoms. The molecular formula is C15H16N2S. The third kappa shape index (κ3) is 2.06. The van der Waals surface area contributed by atoms with Gasteiger partial charge in [0.15, 0.2) is 0 Å². The van der Waals surface area contributed by atoms with E-state index in [0.717, 1.165) is 24.9 Å². The molecule has 92 valence electrons. The molecule has 0 spiro atoms. The van der Waals surface area contributed by atoms with Crippen molar-refractivity contribution in [1.82, 2.24) is 9.55 Å². The van der Waals surface area contributed by atoms with Crippen molar-refractivity contribution in [2.45, 2.75) is 26.3 Å². The Morgan fingerprint density at radius 2 is 2.06 bits per heavy atom. The molecule has 1 aromatic carbocycles. The van der Waals surface area contributed by atoms with Gasteiger partial charge in [-0.3, -0.25) is 0 Å². The van der Waals surface area contributed by atoms with Gasteiger partial charge < -0.3 is 4.57 Å². The highest BCUT2D eigenvalue weighted by Gasteiger charge is 2.08. The first-order valence-corrected chi connectivity index (χ1v) is 7.23. The van der Waals surface area contributed by atoms with Crippen molar-refractivity contribution in [2.24, 2.45) is 0 Å². The number of hydrogen-bond acceptors (Lipinski definition) is 2. The zero-order valence-corrected chi connectivity index (χ0v) is 11.3. The number of thiophene rings is 1. The Morgan fingerprint density at radius 1 is 1.17 bits per heavy atom. The lowest BCUT2D eigenvalue weighted by Gasteiger charge is -2.06. The van der Waals surface area contributed by atoms with Crippen LogP contribution < -0.4 is 0 Å². The number of hydrogen-bond donors (Lipinski definition) is 0. The highest BCUT2D eigenvalue weighted by Crippen LogP contribution is 2.18. The van der Waals surface area contributed by atoms with Gasteiger partial charge in [0.25, 0.3) is 0 Å². The van der Waals surface area contributed by atoms with Crippen molar-refractivity contribution in [3.63, 3.8) is 0 Å². The third-order valence-corrected chi connectivity index (χ3v) is 4.15. The first kappa shape index (κ1) is 11.5. The molecule has 0 atom stereocenters. The SMILES string of the molecule is CCc1nc2ccccc2n1CCc1cccs1. The van der Waals surface area contributed by atoms with Crippen LogP contribution in [0.3, 0.4) is 0 Å². The summed E-state index contributed by atoms with van der Waals surface area (Å²) in [5, 5.41) is 2.14. The summed E-state index contributed by atoms with van der Waals surface area (Å²) in [6.07, 6.45) is 2.07. The summed E-state index contributed by atoms with van der Waals surface area (Å²) in [5.74, 6) is 1.19. The molecule has 3 aromatic rings. The fourth-order valence-corrected chi connectivity index (χ4v) is 3.02. The standard InChI is InChI=1S/C15H16N2S/c1-2-15-16-13-7-3-4-8-14(13)17(15)10-9-12-6-5-11-18-12/h3-8,11H,2,9-10H2,1H3. The summed E-state index contributed by atoms with van der Waals surface area (Å²) in [6.45, 7) is 3.19. The van der Waals surface area contributed by atoms with Crippen molar-refractivity contribution in [2.75, 3.05) is 0 Å². The van der Waals surface area contributed by atoms with Crippen molar-refractivity contribution >= 4 is 22.4 Å². The molecule has 0 unspecified atom stereocenters. The summed E-state index contributed by atoms with van der Waals surface area (Å²) < 4.78 is 2.36. The number of aryl methyl sites for hydroxylation is 3. The Bertz CT molecular complexity index is 638. The van der Waals surface area contributed by atoms with Gasteiger partial charge in [0, 0.05) is 17.8 Å². The molecule has 2 aromatic heterocycles. The van der Waals surface area contributed by atoms with E-state index in [-0.39, 0.29) is 0 Å². The molecule has 0 aliphatic carbocycles. The molecule has 3 rings (SSSR count).